The third kappa shape index (κ3) is 2.05. The molecule has 0 saturated heterocycles. The zero-order valence-corrected chi connectivity index (χ0v) is 7.34. The molecule has 1 aromatic heterocycles. The van der Waals surface area contributed by atoms with E-state index in [4.69, 9.17) is 16.1 Å². The number of thiophene rings is 1. The van der Waals surface area contributed by atoms with E-state index in [9.17, 15) is 0 Å². The average molecular weight is 182 g/mol. The Hall–Kier alpha value is -0.890. The van der Waals surface area contributed by atoms with Crippen molar-refractivity contribution in [1.29, 1.82) is 5.26 Å². The van der Waals surface area contributed by atoms with Gasteiger partial charge in [0, 0.05) is 10.9 Å². The van der Waals surface area contributed by atoms with Gasteiger partial charge in [0.25, 0.3) is 0 Å². The molecule has 0 amide bonds. The van der Waals surface area contributed by atoms with Gasteiger partial charge in [0.15, 0.2) is 0 Å². The first-order chi connectivity index (χ1) is 5.77. The first-order valence-corrected chi connectivity index (χ1v) is 4.46. The van der Waals surface area contributed by atoms with Gasteiger partial charge in [-0.3, -0.25) is 0 Å². The first-order valence-electron chi connectivity index (χ1n) is 3.58. The van der Waals surface area contributed by atoms with Crippen molar-refractivity contribution in [2.24, 2.45) is 5.73 Å². The number of nitrogens with zero attached hydrogens (tertiary/aromatic N) is 1. The van der Waals surface area contributed by atoms with Crippen LogP contribution in [0.15, 0.2) is 11.4 Å². The Morgan fingerprint density at radius 1 is 1.75 bits per heavy atom. The van der Waals surface area contributed by atoms with Crippen molar-refractivity contribution in [2.75, 3.05) is 0 Å². The van der Waals surface area contributed by atoms with Crippen LogP contribution in [0.2, 0.25) is 0 Å². The predicted molar refractivity (Wildman–Crippen MR) is 47.4 cm³/mol. The lowest BCUT2D eigenvalue weighted by molar-refractivity contribution is 0.285. The monoisotopic (exact) mass is 182 g/mol. The van der Waals surface area contributed by atoms with Gasteiger partial charge in [0.1, 0.15) is 0 Å². The lowest BCUT2D eigenvalue weighted by Crippen LogP contribution is -2.07. The Morgan fingerprint density at radius 3 is 3.00 bits per heavy atom. The van der Waals surface area contributed by atoms with Crippen molar-refractivity contribution in [3.63, 3.8) is 0 Å². The quantitative estimate of drug-likeness (QED) is 0.736. The van der Waals surface area contributed by atoms with Crippen molar-refractivity contribution in [1.82, 2.24) is 0 Å². The van der Waals surface area contributed by atoms with Gasteiger partial charge in [0.05, 0.1) is 19.1 Å². The van der Waals surface area contributed by atoms with E-state index in [1.807, 2.05) is 17.5 Å². The maximum Gasteiger partial charge on any atom is 0.0774 e. The number of rotatable bonds is 3. The van der Waals surface area contributed by atoms with Crippen LogP contribution in [0.4, 0.5) is 0 Å². The van der Waals surface area contributed by atoms with Crippen LogP contribution in [0, 0.1) is 11.3 Å². The molecule has 0 fully saturated rings. The molecule has 1 aromatic rings. The SMILES string of the molecule is N#CC[C@@H](N)c1csc(CO)c1. The Labute approximate surface area is 75.1 Å². The van der Waals surface area contributed by atoms with Gasteiger partial charge in [-0.15, -0.1) is 11.3 Å². The number of aliphatic hydroxyl groups excluding tert-OH is 1. The zero-order valence-electron chi connectivity index (χ0n) is 6.53. The molecule has 0 aliphatic rings. The van der Waals surface area contributed by atoms with E-state index >= 15 is 0 Å². The summed E-state index contributed by atoms with van der Waals surface area (Å²) in [5, 5.41) is 19.0. The van der Waals surface area contributed by atoms with E-state index in [0.717, 1.165) is 10.4 Å². The molecular formula is C8H10N2OS. The van der Waals surface area contributed by atoms with E-state index in [1.54, 1.807) is 0 Å². The lowest BCUT2D eigenvalue weighted by atomic mass is 10.1. The van der Waals surface area contributed by atoms with Crippen molar-refractivity contribution >= 4 is 11.3 Å². The summed E-state index contributed by atoms with van der Waals surface area (Å²) in [5.74, 6) is 0. The number of hydrogen-bond acceptors (Lipinski definition) is 4. The highest BCUT2D eigenvalue weighted by molar-refractivity contribution is 7.10. The Bertz CT molecular complexity index is 289. The molecule has 0 saturated carbocycles. The third-order valence-corrected chi connectivity index (χ3v) is 2.51. The van der Waals surface area contributed by atoms with Gasteiger partial charge in [-0.1, -0.05) is 0 Å². The molecule has 64 valence electrons. The van der Waals surface area contributed by atoms with Crippen molar-refractivity contribution < 1.29 is 5.11 Å². The van der Waals surface area contributed by atoms with Crippen LogP contribution in [0.3, 0.4) is 0 Å². The minimum Gasteiger partial charge on any atom is -0.391 e. The molecule has 1 heterocycles. The fourth-order valence-corrected chi connectivity index (χ4v) is 1.70. The first kappa shape index (κ1) is 9.20. The predicted octanol–water partition coefficient (Wildman–Crippen LogP) is 1.15. The average Bonchev–Trinajstić information content (AvgIpc) is 2.52. The van der Waals surface area contributed by atoms with Crippen LogP contribution in [-0.4, -0.2) is 5.11 Å². The Morgan fingerprint density at radius 2 is 2.50 bits per heavy atom. The molecule has 0 unspecified atom stereocenters. The normalized spacial score (nSPS) is 12.4. The third-order valence-electron chi connectivity index (χ3n) is 1.57. The molecule has 0 aliphatic carbocycles. The minimum absolute atomic E-state index is 0.0456. The van der Waals surface area contributed by atoms with E-state index in [2.05, 4.69) is 0 Å². The molecule has 1 atom stereocenters. The largest absolute Gasteiger partial charge is 0.391 e. The van der Waals surface area contributed by atoms with Gasteiger partial charge in [-0.05, 0) is 17.0 Å². The van der Waals surface area contributed by atoms with Crippen molar-refractivity contribution in [3.8, 4) is 6.07 Å². The summed E-state index contributed by atoms with van der Waals surface area (Å²) >= 11 is 1.46. The number of aliphatic hydroxyl groups is 1. The van der Waals surface area contributed by atoms with E-state index < -0.39 is 0 Å². The molecule has 4 heteroatoms. The molecule has 0 spiro atoms. The highest BCUT2D eigenvalue weighted by atomic mass is 32.1. The summed E-state index contributed by atoms with van der Waals surface area (Å²) < 4.78 is 0. The molecule has 12 heavy (non-hydrogen) atoms. The van der Waals surface area contributed by atoms with Crippen LogP contribution in [-0.2, 0) is 6.61 Å². The van der Waals surface area contributed by atoms with E-state index in [1.165, 1.54) is 11.3 Å². The minimum atomic E-state index is -0.216. The number of nitrogens with two attached hydrogens (primary N) is 1. The maximum atomic E-state index is 8.77. The summed E-state index contributed by atoms with van der Waals surface area (Å²) in [6, 6.07) is 3.63. The lowest BCUT2D eigenvalue weighted by Gasteiger charge is -2.02. The fourth-order valence-electron chi connectivity index (χ4n) is 0.891. The van der Waals surface area contributed by atoms with Crippen molar-refractivity contribution in [2.45, 2.75) is 19.1 Å². The van der Waals surface area contributed by atoms with Crippen LogP contribution in [0.5, 0.6) is 0 Å². The molecule has 3 N–H and O–H groups in total. The Kier molecular flexibility index (Phi) is 3.23. The van der Waals surface area contributed by atoms with E-state index in [0.29, 0.717) is 6.42 Å². The van der Waals surface area contributed by atoms with Crippen LogP contribution < -0.4 is 5.73 Å². The van der Waals surface area contributed by atoms with Gasteiger partial charge in [-0.2, -0.15) is 5.26 Å². The summed E-state index contributed by atoms with van der Waals surface area (Å²) in [7, 11) is 0. The van der Waals surface area contributed by atoms with E-state index in [-0.39, 0.29) is 12.6 Å². The zero-order chi connectivity index (χ0) is 8.97. The summed E-state index contributed by atoms with van der Waals surface area (Å²) in [5.41, 5.74) is 6.61. The molecular weight excluding hydrogens is 172 g/mol. The van der Waals surface area contributed by atoms with Crippen LogP contribution in [0.1, 0.15) is 22.9 Å². The summed E-state index contributed by atoms with van der Waals surface area (Å²) in [6.07, 6.45) is 0.321. The van der Waals surface area contributed by atoms with Gasteiger partial charge >= 0.3 is 0 Å². The molecule has 1 rings (SSSR count). The number of hydrogen-bond donors (Lipinski definition) is 2. The molecule has 0 radical (unpaired) electrons. The molecule has 0 aliphatic heterocycles. The van der Waals surface area contributed by atoms with Crippen LogP contribution in [0.25, 0.3) is 0 Å². The second-order valence-electron chi connectivity index (χ2n) is 2.47. The maximum absolute atomic E-state index is 8.77. The van der Waals surface area contributed by atoms with Gasteiger partial charge in [-0.25, -0.2) is 0 Å². The standard InChI is InChI=1S/C8H10N2OS/c9-2-1-8(10)6-3-7(4-11)12-5-6/h3,5,8,11H,1,4,10H2/t8-/m1/s1. The second-order valence-corrected chi connectivity index (χ2v) is 3.47. The molecule has 0 aromatic carbocycles. The highest BCUT2D eigenvalue weighted by Gasteiger charge is 2.07. The van der Waals surface area contributed by atoms with Gasteiger partial charge in [0.2, 0.25) is 0 Å². The number of nitriles is 1. The highest BCUT2D eigenvalue weighted by Crippen LogP contribution is 2.21. The van der Waals surface area contributed by atoms with Crippen molar-refractivity contribution in [3.05, 3.63) is 21.9 Å². The van der Waals surface area contributed by atoms with Gasteiger partial charge < -0.3 is 10.8 Å². The fraction of sp³-hybridized carbons (Fsp3) is 0.375. The smallest absolute Gasteiger partial charge is 0.0774 e. The topological polar surface area (TPSA) is 70.0 Å². The Balaban J connectivity index is 2.69. The molecule has 3 nitrogen and oxygen atoms in total. The molecule has 0 bridgehead atoms. The second kappa shape index (κ2) is 4.21. The summed E-state index contributed by atoms with van der Waals surface area (Å²) in [6.45, 7) is 0.0456. The summed E-state index contributed by atoms with van der Waals surface area (Å²) in [4.78, 5) is 0.887. The van der Waals surface area contributed by atoms with Crippen LogP contribution >= 0.6 is 11.3 Å².